The van der Waals surface area contributed by atoms with Crippen molar-refractivity contribution < 1.29 is 9.53 Å². The highest BCUT2D eigenvalue weighted by molar-refractivity contribution is 5.94. The van der Waals surface area contributed by atoms with Crippen molar-refractivity contribution in [3.8, 4) is 5.69 Å². The Kier molecular flexibility index (Phi) is 7.04. The molecule has 3 rings (SSSR count). The van der Waals surface area contributed by atoms with E-state index in [0.29, 0.717) is 24.5 Å². The van der Waals surface area contributed by atoms with Gasteiger partial charge in [0.1, 0.15) is 5.69 Å². The monoisotopic (exact) mass is 420 g/mol. The second-order valence-electron chi connectivity index (χ2n) is 7.37. The molecule has 8 heteroatoms. The fourth-order valence-electron chi connectivity index (χ4n) is 3.08. The third-order valence-corrected chi connectivity index (χ3v) is 4.76. The van der Waals surface area contributed by atoms with Crippen molar-refractivity contribution >= 4 is 11.6 Å². The van der Waals surface area contributed by atoms with Gasteiger partial charge in [0.2, 0.25) is 0 Å². The summed E-state index contributed by atoms with van der Waals surface area (Å²) < 4.78 is 7.02. The molecule has 8 nitrogen and oxygen atoms in total. The van der Waals surface area contributed by atoms with Gasteiger partial charge in [-0.2, -0.15) is 0 Å². The number of carbonyl (C=O) groups excluding carboxylic acids is 1. The average molecular weight is 421 g/mol. The van der Waals surface area contributed by atoms with Crippen LogP contribution in [-0.2, 0) is 17.9 Å². The maximum atomic E-state index is 12.0. The van der Waals surface area contributed by atoms with E-state index in [2.05, 4.69) is 27.5 Å². The van der Waals surface area contributed by atoms with Crippen LogP contribution in [0.15, 0.2) is 60.9 Å². The van der Waals surface area contributed by atoms with Crippen molar-refractivity contribution in [1.29, 1.82) is 0 Å². The molecule has 1 aromatic heterocycles. The molecule has 0 bridgehead atoms. The summed E-state index contributed by atoms with van der Waals surface area (Å²) in [4.78, 5) is 13.5. The Morgan fingerprint density at radius 1 is 1.19 bits per heavy atom. The summed E-state index contributed by atoms with van der Waals surface area (Å²) in [6.45, 7) is 7.02. The fraction of sp³-hybridized carbons (Fsp3) is 0.261. The number of anilines is 1. The van der Waals surface area contributed by atoms with Crippen molar-refractivity contribution in [1.82, 2.24) is 25.2 Å². The van der Waals surface area contributed by atoms with Gasteiger partial charge in [0, 0.05) is 32.5 Å². The van der Waals surface area contributed by atoms with E-state index in [1.807, 2.05) is 48.0 Å². The molecule has 0 saturated heterocycles. The number of methoxy groups -OCH3 is 1. The first-order chi connectivity index (χ1) is 14.9. The molecule has 31 heavy (non-hydrogen) atoms. The zero-order valence-electron chi connectivity index (χ0n) is 18.3. The van der Waals surface area contributed by atoms with Crippen LogP contribution in [0, 0.1) is 6.92 Å². The SMILES string of the molecule is C=C(NCc1nnn(-c2cccc(COC)c2)c1C)Nc1ccc(C(=O)N(C)C)cc1. The summed E-state index contributed by atoms with van der Waals surface area (Å²) in [5.74, 6) is 0.595. The minimum Gasteiger partial charge on any atom is -0.380 e. The molecule has 0 unspecified atom stereocenters. The number of ether oxygens (including phenoxy) is 1. The predicted molar refractivity (Wildman–Crippen MR) is 121 cm³/mol. The van der Waals surface area contributed by atoms with Crippen molar-refractivity contribution in [2.45, 2.75) is 20.1 Å². The topological polar surface area (TPSA) is 84.3 Å². The molecule has 0 aliphatic heterocycles. The lowest BCUT2D eigenvalue weighted by atomic mass is 10.2. The highest BCUT2D eigenvalue weighted by atomic mass is 16.5. The summed E-state index contributed by atoms with van der Waals surface area (Å²) in [6.07, 6.45) is 0. The Hall–Kier alpha value is -3.65. The lowest BCUT2D eigenvalue weighted by molar-refractivity contribution is 0.0827. The van der Waals surface area contributed by atoms with Gasteiger partial charge >= 0.3 is 0 Å². The molecular formula is C23H28N6O2. The molecule has 0 aliphatic carbocycles. The number of amides is 1. The maximum absolute atomic E-state index is 12.0. The molecular weight excluding hydrogens is 392 g/mol. The van der Waals surface area contributed by atoms with Gasteiger partial charge in [-0.3, -0.25) is 4.79 Å². The van der Waals surface area contributed by atoms with Gasteiger partial charge in [0.05, 0.1) is 30.4 Å². The van der Waals surface area contributed by atoms with E-state index in [0.717, 1.165) is 28.3 Å². The number of nitrogens with zero attached hydrogens (tertiary/aromatic N) is 4. The van der Waals surface area contributed by atoms with Crippen LogP contribution in [0.5, 0.6) is 0 Å². The third-order valence-electron chi connectivity index (χ3n) is 4.76. The summed E-state index contributed by atoms with van der Waals surface area (Å²) in [5.41, 5.74) is 5.26. The molecule has 0 saturated carbocycles. The molecule has 0 aliphatic rings. The Bertz CT molecular complexity index is 1060. The summed E-state index contributed by atoms with van der Waals surface area (Å²) >= 11 is 0. The number of nitrogens with one attached hydrogen (secondary N) is 2. The van der Waals surface area contributed by atoms with Crippen LogP contribution in [0.2, 0.25) is 0 Å². The van der Waals surface area contributed by atoms with Crippen LogP contribution >= 0.6 is 0 Å². The van der Waals surface area contributed by atoms with Crippen LogP contribution in [0.1, 0.15) is 27.3 Å². The summed E-state index contributed by atoms with van der Waals surface area (Å²) in [6, 6.07) is 15.3. The van der Waals surface area contributed by atoms with E-state index in [1.54, 1.807) is 38.2 Å². The highest BCUT2D eigenvalue weighted by Crippen LogP contribution is 2.15. The first-order valence-electron chi connectivity index (χ1n) is 9.90. The zero-order valence-corrected chi connectivity index (χ0v) is 18.3. The molecule has 1 heterocycles. The summed E-state index contributed by atoms with van der Waals surface area (Å²) in [7, 11) is 5.14. The lowest BCUT2D eigenvalue weighted by Crippen LogP contribution is -2.21. The fourth-order valence-corrected chi connectivity index (χ4v) is 3.08. The van der Waals surface area contributed by atoms with Crippen molar-refractivity contribution in [2.24, 2.45) is 0 Å². The van der Waals surface area contributed by atoms with Crippen molar-refractivity contribution in [2.75, 3.05) is 26.5 Å². The Morgan fingerprint density at radius 2 is 1.94 bits per heavy atom. The second kappa shape index (κ2) is 9.90. The van der Waals surface area contributed by atoms with E-state index in [1.165, 1.54) is 0 Å². The van der Waals surface area contributed by atoms with Gasteiger partial charge in [-0.15, -0.1) is 5.10 Å². The van der Waals surface area contributed by atoms with Crippen LogP contribution in [0.3, 0.4) is 0 Å². The highest BCUT2D eigenvalue weighted by Gasteiger charge is 2.11. The van der Waals surface area contributed by atoms with Gasteiger partial charge in [-0.05, 0) is 48.9 Å². The first-order valence-corrected chi connectivity index (χ1v) is 9.90. The van der Waals surface area contributed by atoms with Gasteiger partial charge in [0.15, 0.2) is 0 Å². The molecule has 0 radical (unpaired) electrons. The van der Waals surface area contributed by atoms with Crippen LogP contribution in [0.4, 0.5) is 5.69 Å². The van der Waals surface area contributed by atoms with E-state index >= 15 is 0 Å². The van der Waals surface area contributed by atoms with E-state index in [9.17, 15) is 4.79 Å². The van der Waals surface area contributed by atoms with Crippen LogP contribution in [0.25, 0.3) is 5.69 Å². The standard InChI is InChI=1S/C23H28N6O2/c1-16-22(26-27-29(16)21-8-6-7-18(13-21)15-31-5)14-24-17(2)25-20-11-9-19(10-12-20)23(30)28(3)4/h6-13,24-25H,2,14-15H2,1,3-5H3. The Morgan fingerprint density at radius 3 is 2.61 bits per heavy atom. The first kappa shape index (κ1) is 22.0. The summed E-state index contributed by atoms with van der Waals surface area (Å²) in [5, 5.41) is 15.0. The van der Waals surface area contributed by atoms with Crippen LogP contribution < -0.4 is 10.6 Å². The third kappa shape index (κ3) is 5.49. The Balaban J connectivity index is 1.60. The van der Waals surface area contributed by atoms with Crippen molar-refractivity contribution in [3.63, 3.8) is 0 Å². The molecule has 0 atom stereocenters. The normalized spacial score (nSPS) is 10.6. The van der Waals surface area contributed by atoms with E-state index in [4.69, 9.17) is 4.74 Å². The smallest absolute Gasteiger partial charge is 0.253 e. The number of hydrogen-bond donors (Lipinski definition) is 2. The lowest BCUT2D eigenvalue weighted by Gasteiger charge is -2.13. The molecule has 3 aromatic rings. The molecule has 1 amide bonds. The number of aromatic nitrogens is 3. The largest absolute Gasteiger partial charge is 0.380 e. The van der Waals surface area contributed by atoms with E-state index < -0.39 is 0 Å². The van der Waals surface area contributed by atoms with Gasteiger partial charge in [-0.25, -0.2) is 4.68 Å². The van der Waals surface area contributed by atoms with Crippen molar-refractivity contribution in [3.05, 3.63) is 83.4 Å². The zero-order chi connectivity index (χ0) is 22.4. The molecule has 2 N–H and O–H groups in total. The molecule has 0 fully saturated rings. The molecule has 162 valence electrons. The average Bonchev–Trinajstić information content (AvgIpc) is 3.13. The Labute approximate surface area is 182 Å². The maximum Gasteiger partial charge on any atom is 0.253 e. The second-order valence-corrected chi connectivity index (χ2v) is 7.37. The minimum absolute atomic E-state index is 0.0326. The molecule has 2 aromatic carbocycles. The predicted octanol–water partition coefficient (Wildman–Crippen LogP) is 3.10. The number of carbonyl (C=O) groups is 1. The molecule has 0 spiro atoms. The van der Waals surface area contributed by atoms with Gasteiger partial charge in [-0.1, -0.05) is 23.9 Å². The van der Waals surface area contributed by atoms with Crippen LogP contribution in [-0.4, -0.2) is 47.0 Å². The van der Waals surface area contributed by atoms with Gasteiger partial charge < -0.3 is 20.3 Å². The number of benzene rings is 2. The minimum atomic E-state index is -0.0326. The van der Waals surface area contributed by atoms with Gasteiger partial charge in [0.25, 0.3) is 5.91 Å². The van der Waals surface area contributed by atoms with E-state index in [-0.39, 0.29) is 5.91 Å². The number of rotatable bonds is 9. The quantitative estimate of drug-likeness (QED) is 0.553. The number of hydrogen-bond acceptors (Lipinski definition) is 6.